The number of carboxylic acids is 1. The third-order valence-corrected chi connectivity index (χ3v) is 2.49. The minimum absolute atomic E-state index is 0.0522. The summed E-state index contributed by atoms with van der Waals surface area (Å²) in [7, 11) is 1.41. The topological polar surface area (TPSA) is 72.6 Å². The first-order valence-electron chi connectivity index (χ1n) is 5.08. The van der Waals surface area contributed by atoms with E-state index in [4.69, 9.17) is 14.4 Å². The van der Waals surface area contributed by atoms with Crippen molar-refractivity contribution >= 4 is 5.97 Å². The minimum atomic E-state index is -1.19. The lowest BCUT2D eigenvalue weighted by Crippen LogP contribution is -2.00. The highest BCUT2D eigenvalue weighted by molar-refractivity contribution is 5.96. The number of halogens is 1. The Kier molecular flexibility index (Phi) is 3.01. The summed E-state index contributed by atoms with van der Waals surface area (Å²) in [6.07, 6.45) is 0. The number of ether oxygens (including phenoxy) is 1. The van der Waals surface area contributed by atoms with Crippen molar-refractivity contribution in [3.63, 3.8) is 0 Å². The van der Waals surface area contributed by atoms with E-state index in [2.05, 4.69) is 5.16 Å². The van der Waals surface area contributed by atoms with Gasteiger partial charge in [-0.15, -0.1) is 0 Å². The maximum atomic E-state index is 13.2. The van der Waals surface area contributed by atoms with Gasteiger partial charge < -0.3 is 14.4 Å². The molecule has 0 saturated carbocycles. The second-order valence-corrected chi connectivity index (χ2v) is 3.61. The molecule has 0 bridgehead atoms. The van der Waals surface area contributed by atoms with E-state index in [1.54, 1.807) is 0 Å². The minimum Gasteiger partial charge on any atom is -0.496 e. The largest absolute Gasteiger partial charge is 0.496 e. The molecule has 0 spiro atoms. The van der Waals surface area contributed by atoms with E-state index in [9.17, 15) is 9.18 Å². The molecule has 0 fully saturated rings. The molecular formula is C12H10FNO4. The van der Waals surface area contributed by atoms with Gasteiger partial charge in [0.25, 0.3) is 0 Å². The molecule has 0 aliphatic heterocycles. The fraction of sp³-hybridized carbons (Fsp3) is 0.167. The first-order chi connectivity index (χ1) is 8.54. The predicted octanol–water partition coefficient (Wildman–Crippen LogP) is 2.50. The highest BCUT2D eigenvalue weighted by Crippen LogP contribution is 2.33. The van der Waals surface area contributed by atoms with Crippen molar-refractivity contribution < 1.29 is 23.6 Å². The van der Waals surface area contributed by atoms with Crippen LogP contribution in [-0.2, 0) is 0 Å². The molecular weight excluding hydrogens is 241 g/mol. The Labute approximate surface area is 102 Å². The second-order valence-electron chi connectivity index (χ2n) is 3.61. The lowest BCUT2D eigenvalue weighted by atomic mass is 10.1. The Bertz CT molecular complexity index is 606. The molecule has 0 unspecified atom stereocenters. The molecule has 0 atom stereocenters. The fourth-order valence-electron chi connectivity index (χ4n) is 1.67. The molecule has 2 rings (SSSR count). The van der Waals surface area contributed by atoms with Gasteiger partial charge in [0.15, 0.2) is 0 Å². The number of nitrogens with zero attached hydrogens (tertiary/aromatic N) is 1. The summed E-state index contributed by atoms with van der Waals surface area (Å²) in [5, 5.41) is 12.7. The van der Waals surface area contributed by atoms with Crippen LogP contribution in [0.3, 0.4) is 0 Å². The smallest absolute Gasteiger partial charge is 0.341 e. The van der Waals surface area contributed by atoms with Crippen LogP contribution in [0.5, 0.6) is 5.75 Å². The molecule has 94 valence electrons. The zero-order valence-electron chi connectivity index (χ0n) is 9.73. The average Bonchev–Trinajstić information content (AvgIpc) is 2.71. The molecule has 2 aromatic rings. The number of aryl methyl sites for hydroxylation is 1. The molecule has 1 heterocycles. The Balaban J connectivity index is 2.69. The summed E-state index contributed by atoms with van der Waals surface area (Å²) in [6, 6.07) is 3.78. The van der Waals surface area contributed by atoms with Crippen LogP contribution in [0.1, 0.15) is 16.1 Å². The van der Waals surface area contributed by atoms with Gasteiger partial charge in [0.1, 0.15) is 28.6 Å². The van der Waals surface area contributed by atoms with Crippen LogP contribution < -0.4 is 4.74 Å². The first kappa shape index (κ1) is 12.1. The van der Waals surface area contributed by atoms with Crippen molar-refractivity contribution in [3.05, 3.63) is 35.3 Å². The van der Waals surface area contributed by atoms with Gasteiger partial charge in [-0.2, -0.15) is 0 Å². The normalized spacial score (nSPS) is 10.4. The van der Waals surface area contributed by atoms with Crippen LogP contribution in [0.4, 0.5) is 4.39 Å². The van der Waals surface area contributed by atoms with E-state index in [0.29, 0.717) is 5.75 Å². The number of aromatic nitrogens is 1. The zero-order valence-corrected chi connectivity index (χ0v) is 9.73. The van der Waals surface area contributed by atoms with Gasteiger partial charge in [-0.3, -0.25) is 0 Å². The van der Waals surface area contributed by atoms with Crippen LogP contribution in [0.25, 0.3) is 11.3 Å². The van der Waals surface area contributed by atoms with Crippen LogP contribution in [-0.4, -0.2) is 23.3 Å². The number of aromatic carboxylic acids is 1. The van der Waals surface area contributed by atoms with Gasteiger partial charge in [-0.05, 0) is 25.1 Å². The SMILES string of the molecule is COc1ccc(F)cc1-c1noc(C)c1C(=O)O. The molecule has 1 aromatic heterocycles. The third kappa shape index (κ3) is 1.92. The second kappa shape index (κ2) is 4.48. The van der Waals surface area contributed by atoms with E-state index >= 15 is 0 Å². The van der Waals surface area contributed by atoms with Crippen LogP contribution in [0.2, 0.25) is 0 Å². The summed E-state index contributed by atoms with van der Waals surface area (Å²) >= 11 is 0. The number of hydrogen-bond acceptors (Lipinski definition) is 4. The summed E-state index contributed by atoms with van der Waals surface area (Å²) in [5.41, 5.74) is 0.196. The maximum absolute atomic E-state index is 13.2. The Morgan fingerprint density at radius 3 is 2.83 bits per heavy atom. The lowest BCUT2D eigenvalue weighted by molar-refractivity contribution is 0.0695. The summed E-state index contributed by atoms with van der Waals surface area (Å²) in [5.74, 6) is -1.21. The monoisotopic (exact) mass is 251 g/mol. The van der Waals surface area contributed by atoms with Crippen LogP contribution in [0.15, 0.2) is 22.7 Å². The van der Waals surface area contributed by atoms with E-state index in [1.165, 1.54) is 26.2 Å². The Hall–Kier alpha value is -2.37. The van der Waals surface area contributed by atoms with Crippen LogP contribution >= 0.6 is 0 Å². The van der Waals surface area contributed by atoms with Crippen molar-refractivity contribution in [2.45, 2.75) is 6.92 Å². The Morgan fingerprint density at radius 2 is 2.22 bits per heavy atom. The number of hydrogen-bond donors (Lipinski definition) is 1. The van der Waals surface area contributed by atoms with E-state index < -0.39 is 11.8 Å². The van der Waals surface area contributed by atoms with Crippen molar-refractivity contribution in [1.29, 1.82) is 0 Å². The van der Waals surface area contributed by atoms with E-state index in [1.807, 2.05) is 0 Å². The molecule has 18 heavy (non-hydrogen) atoms. The molecule has 0 aliphatic rings. The predicted molar refractivity (Wildman–Crippen MR) is 60.1 cm³/mol. The molecule has 1 N–H and O–H groups in total. The van der Waals surface area contributed by atoms with Gasteiger partial charge >= 0.3 is 5.97 Å². The van der Waals surface area contributed by atoms with Crippen molar-refractivity contribution in [3.8, 4) is 17.0 Å². The fourth-order valence-corrected chi connectivity index (χ4v) is 1.67. The highest BCUT2D eigenvalue weighted by Gasteiger charge is 2.23. The standard InChI is InChI=1S/C12H10FNO4/c1-6-10(12(15)16)11(14-18-6)8-5-7(13)3-4-9(8)17-2/h3-5H,1-2H3,(H,15,16). The number of carboxylic acid groups (broad SMARTS) is 1. The van der Waals surface area contributed by atoms with Crippen molar-refractivity contribution in [2.75, 3.05) is 7.11 Å². The van der Waals surface area contributed by atoms with Gasteiger partial charge in [0.05, 0.1) is 7.11 Å². The quantitative estimate of drug-likeness (QED) is 0.907. The van der Waals surface area contributed by atoms with E-state index in [0.717, 1.165) is 6.07 Å². The third-order valence-electron chi connectivity index (χ3n) is 2.49. The highest BCUT2D eigenvalue weighted by atomic mass is 19.1. The molecule has 5 nitrogen and oxygen atoms in total. The number of benzene rings is 1. The maximum Gasteiger partial charge on any atom is 0.341 e. The molecule has 0 aliphatic carbocycles. The number of methoxy groups -OCH3 is 1. The van der Waals surface area contributed by atoms with Crippen molar-refractivity contribution in [1.82, 2.24) is 5.16 Å². The average molecular weight is 251 g/mol. The first-order valence-corrected chi connectivity index (χ1v) is 5.08. The molecule has 0 amide bonds. The summed E-state index contributed by atoms with van der Waals surface area (Å²) < 4.78 is 23.1. The number of rotatable bonds is 3. The summed E-state index contributed by atoms with van der Waals surface area (Å²) in [6.45, 7) is 1.48. The van der Waals surface area contributed by atoms with Gasteiger partial charge in [0.2, 0.25) is 0 Å². The molecule has 6 heteroatoms. The molecule has 0 saturated heterocycles. The van der Waals surface area contributed by atoms with Crippen LogP contribution in [0, 0.1) is 12.7 Å². The number of carbonyl (C=O) groups is 1. The zero-order chi connectivity index (χ0) is 13.3. The molecule has 1 aromatic carbocycles. The molecule has 0 radical (unpaired) electrons. The summed E-state index contributed by atoms with van der Waals surface area (Å²) in [4.78, 5) is 11.1. The Morgan fingerprint density at radius 1 is 1.50 bits per heavy atom. The lowest BCUT2D eigenvalue weighted by Gasteiger charge is -2.06. The van der Waals surface area contributed by atoms with Gasteiger partial charge in [-0.1, -0.05) is 5.16 Å². The van der Waals surface area contributed by atoms with E-state index in [-0.39, 0.29) is 22.6 Å². The van der Waals surface area contributed by atoms with Gasteiger partial charge in [-0.25, -0.2) is 9.18 Å². The van der Waals surface area contributed by atoms with Gasteiger partial charge in [0, 0.05) is 5.56 Å². The van der Waals surface area contributed by atoms with Crippen molar-refractivity contribution in [2.24, 2.45) is 0 Å².